The Hall–Kier alpha value is -4.37. The van der Waals surface area contributed by atoms with Crippen LogP contribution >= 0.6 is 7.82 Å². The first-order valence-electron chi connectivity index (χ1n) is 28.2. The zero-order valence-corrected chi connectivity index (χ0v) is 47.9. The zero-order valence-electron chi connectivity index (χ0n) is 47.0. The summed E-state index contributed by atoms with van der Waals surface area (Å²) in [4.78, 5) is 37.8. The van der Waals surface area contributed by atoms with E-state index in [4.69, 9.17) is 18.5 Å². The van der Waals surface area contributed by atoms with E-state index < -0.39 is 32.5 Å². The Bertz CT molecular complexity index is 1800. The first-order valence-corrected chi connectivity index (χ1v) is 29.7. The lowest BCUT2D eigenvalue weighted by Gasteiger charge is -2.28. The number of hydrogen-bond donors (Lipinski definition) is 0. The summed E-state index contributed by atoms with van der Waals surface area (Å²) in [5.41, 5.74) is 0. The van der Waals surface area contributed by atoms with Crippen LogP contribution in [0.2, 0.25) is 0 Å². The Morgan fingerprint density at radius 2 is 0.730 bits per heavy atom. The van der Waals surface area contributed by atoms with Crippen molar-refractivity contribution in [2.45, 2.75) is 187 Å². The summed E-state index contributed by atoms with van der Waals surface area (Å²) in [6, 6.07) is 0. The zero-order chi connectivity index (χ0) is 54.2. The van der Waals surface area contributed by atoms with E-state index in [2.05, 4.69) is 172 Å². The van der Waals surface area contributed by atoms with Crippen molar-refractivity contribution in [1.29, 1.82) is 0 Å². The molecule has 0 N–H and O–H groups in total. The minimum absolute atomic E-state index is 0.0497. The van der Waals surface area contributed by atoms with Crippen molar-refractivity contribution < 1.29 is 42.1 Å². The van der Waals surface area contributed by atoms with Gasteiger partial charge in [0.1, 0.15) is 19.8 Å². The number of likely N-dealkylation sites (N-methyl/N-ethyl adjacent to an activating group) is 1. The SMILES string of the molecule is CC/C=C\C/C=C\C/C=C\C/C=C\C/C=C\C/C=C\C/C=C\C/C=C\CCCCCCCCC(=O)OC(COC(=O)CCCCC/C=C\C/C=C\C/C=C\C/C=C\C/C=C\CC)COP(=O)([O-])OCC[N+](C)(C)C. The number of phosphoric ester groups is 1. The van der Waals surface area contributed by atoms with Gasteiger partial charge in [-0.2, -0.15) is 0 Å². The molecule has 0 aliphatic rings. The molecule has 2 atom stereocenters. The monoisotopic (exact) mass is 1040 g/mol. The molecule has 0 rings (SSSR count). The van der Waals surface area contributed by atoms with Crippen molar-refractivity contribution in [3.63, 3.8) is 0 Å². The lowest BCUT2D eigenvalue weighted by Crippen LogP contribution is -2.37. The number of allylic oxidation sites excluding steroid dienone is 26. The van der Waals surface area contributed by atoms with Gasteiger partial charge in [-0.15, -0.1) is 0 Å². The predicted octanol–water partition coefficient (Wildman–Crippen LogP) is 17.1. The largest absolute Gasteiger partial charge is 0.756 e. The number of nitrogens with zero attached hydrogens (tertiary/aromatic N) is 1. The van der Waals surface area contributed by atoms with Crippen LogP contribution in [0.25, 0.3) is 0 Å². The van der Waals surface area contributed by atoms with Crippen molar-refractivity contribution in [1.82, 2.24) is 0 Å². The van der Waals surface area contributed by atoms with Crippen LogP contribution < -0.4 is 4.89 Å². The van der Waals surface area contributed by atoms with E-state index in [-0.39, 0.29) is 26.1 Å². The highest BCUT2D eigenvalue weighted by molar-refractivity contribution is 7.45. The predicted molar refractivity (Wildman–Crippen MR) is 313 cm³/mol. The molecule has 0 aromatic heterocycles. The van der Waals surface area contributed by atoms with Crippen LogP contribution in [0.5, 0.6) is 0 Å². The standard InChI is InChI=1S/C64H102NO8P/c1-6-8-10-12-14-16-18-20-22-24-26-27-28-29-30-31-32-33-34-35-36-37-39-41-43-45-47-49-51-53-55-57-64(67)73-62(61-72-74(68,69)71-59-58-65(3,4)5)60-70-63(66)56-54-52-50-48-46-44-42-40-38-25-23-21-19-17-15-13-11-9-7-2/h8-11,14-17,20-23,26-27,29-30,32-33,35-36,38-41,44,46,62H,6-7,12-13,18-19,24-25,28,31,34,37,42-43,45,47-61H2,1-5H3/b10-8-,11-9-,16-14-,17-15-,22-20-,23-21-,27-26-,30-29-,33-32-,36-35-,40-38-,41-39-,46-44-. The molecule has 74 heavy (non-hydrogen) atoms. The molecular formula is C64H102NO8P. The second-order valence-electron chi connectivity index (χ2n) is 19.2. The van der Waals surface area contributed by atoms with Gasteiger partial charge in [0.15, 0.2) is 6.10 Å². The fraction of sp³-hybridized carbons (Fsp3) is 0.562. The third-order valence-electron chi connectivity index (χ3n) is 11.0. The molecule has 10 heteroatoms. The van der Waals surface area contributed by atoms with Gasteiger partial charge >= 0.3 is 11.9 Å². The maximum atomic E-state index is 12.8. The van der Waals surface area contributed by atoms with Crippen molar-refractivity contribution in [2.24, 2.45) is 0 Å². The van der Waals surface area contributed by atoms with Crippen molar-refractivity contribution in [2.75, 3.05) is 47.5 Å². The molecule has 0 aromatic carbocycles. The summed E-state index contributed by atoms with van der Waals surface area (Å²) < 4.78 is 34.1. The number of carbonyl (C=O) groups excluding carboxylic acids is 2. The average Bonchev–Trinajstić information content (AvgIpc) is 3.36. The van der Waals surface area contributed by atoms with Crippen molar-refractivity contribution >= 4 is 19.8 Å². The molecule has 0 amide bonds. The van der Waals surface area contributed by atoms with E-state index in [1.54, 1.807) is 0 Å². The van der Waals surface area contributed by atoms with E-state index in [1.807, 2.05) is 21.1 Å². The Labute approximate surface area is 452 Å². The molecule has 416 valence electrons. The quantitative estimate of drug-likeness (QED) is 0.0195. The van der Waals surface area contributed by atoms with Gasteiger partial charge in [-0.25, -0.2) is 0 Å². The van der Waals surface area contributed by atoms with Crippen LogP contribution in [-0.2, 0) is 32.7 Å². The van der Waals surface area contributed by atoms with Crippen LogP contribution in [0.1, 0.15) is 181 Å². The molecule has 0 spiro atoms. The Morgan fingerprint density at radius 3 is 1.09 bits per heavy atom. The van der Waals surface area contributed by atoms with Crippen molar-refractivity contribution in [3.8, 4) is 0 Å². The smallest absolute Gasteiger partial charge is 0.306 e. The van der Waals surface area contributed by atoms with E-state index in [9.17, 15) is 19.0 Å². The number of phosphoric acid groups is 1. The summed E-state index contributed by atoms with van der Waals surface area (Å²) >= 11 is 0. The van der Waals surface area contributed by atoms with Gasteiger partial charge in [-0.1, -0.05) is 204 Å². The molecule has 0 saturated carbocycles. The molecular weight excluding hydrogens is 942 g/mol. The van der Waals surface area contributed by atoms with E-state index in [1.165, 1.54) is 0 Å². The molecule has 0 aliphatic heterocycles. The molecule has 2 unspecified atom stereocenters. The van der Waals surface area contributed by atoms with E-state index >= 15 is 0 Å². The van der Waals surface area contributed by atoms with Crippen LogP contribution in [0.3, 0.4) is 0 Å². The molecule has 0 fully saturated rings. The lowest BCUT2D eigenvalue weighted by atomic mass is 10.1. The van der Waals surface area contributed by atoms with Gasteiger partial charge in [0.2, 0.25) is 0 Å². The number of rotatable bonds is 49. The lowest BCUT2D eigenvalue weighted by molar-refractivity contribution is -0.870. The van der Waals surface area contributed by atoms with Crippen LogP contribution in [0.15, 0.2) is 158 Å². The molecule has 0 bridgehead atoms. The van der Waals surface area contributed by atoms with Crippen LogP contribution in [0.4, 0.5) is 0 Å². The average molecular weight is 1040 g/mol. The van der Waals surface area contributed by atoms with Gasteiger partial charge in [-0.3, -0.25) is 14.2 Å². The molecule has 0 aromatic rings. The van der Waals surface area contributed by atoms with Crippen LogP contribution in [-0.4, -0.2) is 70.0 Å². The summed E-state index contributed by atoms with van der Waals surface area (Å²) in [5, 5.41) is 0. The third kappa shape index (κ3) is 56.9. The van der Waals surface area contributed by atoms with Gasteiger partial charge in [-0.05, 0) is 122 Å². The number of carbonyl (C=O) groups is 2. The number of hydrogen-bond acceptors (Lipinski definition) is 8. The summed E-state index contributed by atoms with van der Waals surface area (Å²) in [6.07, 6.45) is 80.0. The first-order chi connectivity index (χ1) is 36.0. The van der Waals surface area contributed by atoms with Crippen molar-refractivity contribution in [3.05, 3.63) is 158 Å². The molecule has 9 nitrogen and oxygen atoms in total. The highest BCUT2D eigenvalue weighted by Gasteiger charge is 2.21. The van der Waals surface area contributed by atoms with Gasteiger partial charge < -0.3 is 27.9 Å². The van der Waals surface area contributed by atoms with E-state index in [0.717, 1.165) is 141 Å². The molecule has 0 aliphatic carbocycles. The minimum atomic E-state index is -4.66. The highest BCUT2D eigenvalue weighted by atomic mass is 31.2. The van der Waals surface area contributed by atoms with Crippen LogP contribution in [0, 0.1) is 0 Å². The third-order valence-corrected chi connectivity index (χ3v) is 12.0. The van der Waals surface area contributed by atoms with Gasteiger partial charge in [0.05, 0.1) is 27.7 Å². The maximum absolute atomic E-state index is 12.8. The maximum Gasteiger partial charge on any atom is 0.306 e. The topological polar surface area (TPSA) is 111 Å². The minimum Gasteiger partial charge on any atom is -0.756 e. The second-order valence-corrected chi connectivity index (χ2v) is 20.6. The molecule has 0 heterocycles. The number of unbranched alkanes of at least 4 members (excludes halogenated alkanes) is 9. The van der Waals surface area contributed by atoms with Gasteiger partial charge in [0.25, 0.3) is 7.82 Å². The summed E-state index contributed by atoms with van der Waals surface area (Å²) in [5.74, 6) is -0.904. The first kappa shape index (κ1) is 69.6. The number of esters is 2. The number of ether oxygens (including phenoxy) is 2. The fourth-order valence-electron chi connectivity index (χ4n) is 6.75. The normalized spacial score (nSPS) is 14.5. The molecule has 0 saturated heterocycles. The Kier molecular flexibility index (Phi) is 50.3. The highest BCUT2D eigenvalue weighted by Crippen LogP contribution is 2.38. The van der Waals surface area contributed by atoms with Gasteiger partial charge in [0, 0.05) is 12.8 Å². The summed E-state index contributed by atoms with van der Waals surface area (Å²) in [6.45, 7) is 3.92. The number of quaternary nitrogens is 1. The summed E-state index contributed by atoms with van der Waals surface area (Å²) in [7, 11) is 1.11. The molecule has 0 radical (unpaired) electrons. The van der Waals surface area contributed by atoms with E-state index in [0.29, 0.717) is 23.9 Å². The second kappa shape index (κ2) is 53.5. The Morgan fingerprint density at radius 1 is 0.419 bits per heavy atom. The Balaban J connectivity index is 4.32. The fourth-order valence-corrected chi connectivity index (χ4v) is 7.48.